The Kier molecular flexibility index (Phi) is 4.17. The van der Waals surface area contributed by atoms with E-state index in [4.69, 9.17) is 0 Å². The minimum absolute atomic E-state index is 0.272. The van der Waals surface area contributed by atoms with Crippen LogP contribution >= 0.6 is 15.9 Å². The molecular weight excluding hydrogens is 304 g/mol. The van der Waals surface area contributed by atoms with Crippen molar-refractivity contribution in [3.05, 3.63) is 22.9 Å². The van der Waals surface area contributed by atoms with Crippen LogP contribution in [0.25, 0.3) is 0 Å². The van der Waals surface area contributed by atoms with Gasteiger partial charge in [0.1, 0.15) is 4.90 Å². The molecule has 0 atom stereocenters. The highest BCUT2D eigenvalue weighted by atomic mass is 79.9. The summed E-state index contributed by atoms with van der Waals surface area (Å²) < 4.78 is 27.0. The van der Waals surface area contributed by atoms with Crippen molar-refractivity contribution in [1.82, 2.24) is 9.29 Å². The van der Waals surface area contributed by atoms with Crippen LogP contribution in [0.5, 0.6) is 0 Å². The number of hydrogen-bond donors (Lipinski definition) is 0. The molecule has 1 aromatic rings. The molecule has 2 rings (SSSR count). The van der Waals surface area contributed by atoms with Gasteiger partial charge in [0, 0.05) is 30.0 Å². The second-order valence-corrected chi connectivity index (χ2v) is 7.01. The SMILES string of the molecule is O=S(=O)(c1cncc(Br)c1)N1CCCCCC1. The summed E-state index contributed by atoms with van der Waals surface area (Å²) in [4.78, 5) is 4.19. The fourth-order valence-corrected chi connectivity index (χ4v) is 3.99. The van der Waals surface area contributed by atoms with Gasteiger partial charge in [-0.15, -0.1) is 0 Å². The van der Waals surface area contributed by atoms with Gasteiger partial charge in [0.05, 0.1) is 0 Å². The average molecular weight is 319 g/mol. The van der Waals surface area contributed by atoms with E-state index in [1.165, 1.54) is 6.20 Å². The van der Waals surface area contributed by atoms with E-state index in [-0.39, 0.29) is 4.90 Å². The zero-order chi connectivity index (χ0) is 12.3. The molecule has 0 amide bonds. The summed E-state index contributed by atoms with van der Waals surface area (Å²) in [5.41, 5.74) is 0. The molecule has 2 heterocycles. The first-order valence-electron chi connectivity index (χ1n) is 5.71. The molecule has 4 nitrogen and oxygen atoms in total. The Morgan fingerprint density at radius 3 is 2.35 bits per heavy atom. The number of nitrogens with zero attached hydrogens (tertiary/aromatic N) is 2. The highest BCUT2D eigenvalue weighted by Crippen LogP contribution is 2.21. The van der Waals surface area contributed by atoms with Crippen molar-refractivity contribution >= 4 is 26.0 Å². The molecular formula is C11H15BrN2O2S. The smallest absolute Gasteiger partial charge is 0.244 e. The zero-order valence-corrected chi connectivity index (χ0v) is 11.9. The van der Waals surface area contributed by atoms with Crippen molar-refractivity contribution in [2.75, 3.05) is 13.1 Å². The van der Waals surface area contributed by atoms with Gasteiger partial charge in [0.2, 0.25) is 10.0 Å². The second kappa shape index (κ2) is 5.46. The van der Waals surface area contributed by atoms with Crippen molar-refractivity contribution in [3.8, 4) is 0 Å². The highest BCUT2D eigenvalue weighted by Gasteiger charge is 2.25. The predicted molar refractivity (Wildman–Crippen MR) is 69.2 cm³/mol. The van der Waals surface area contributed by atoms with E-state index < -0.39 is 10.0 Å². The van der Waals surface area contributed by atoms with Gasteiger partial charge in [-0.25, -0.2) is 8.42 Å². The largest absolute Gasteiger partial charge is 0.262 e. The van der Waals surface area contributed by atoms with Gasteiger partial charge in [-0.3, -0.25) is 4.98 Å². The Morgan fingerprint density at radius 2 is 1.76 bits per heavy atom. The average Bonchev–Trinajstić information content (AvgIpc) is 2.58. The summed E-state index contributed by atoms with van der Waals surface area (Å²) in [5, 5.41) is 0. The minimum atomic E-state index is -3.37. The molecule has 1 aliphatic rings. The lowest BCUT2D eigenvalue weighted by Gasteiger charge is -2.19. The molecule has 0 spiro atoms. The van der Waals surface area contributed by atoms with Gasteiger partial charge in [-0.05, 0) is 34.8 Å². The van der Waals surface area contributed by atoms with Crippen LogP contribution < -0.4 is 0 Å². The molecule has 1 saturated heterocycles. The second-order valence-electron chi connectivity index (χ2n) is 4.16. The van der Waals surface area contributed by atoms with E-state index in [0.29, 0.717) is 17.6 Å². The lowest BCUT2D eigenvalue weighted by Crippen LogP contribution is -2.32. The molecule has 0 aliphatic carbocycles. The topological polar surface area (TPSA) is 50.3 Å². The van der Waals surface area contributed by atoms with Crippen LogP contribution in [0.15, 0.2) is 27.8 Å². The predicted octanol–water partition coefficient (Wildman–Crippen LogP) is 2.41. The maximum atomic E-state index is 12.4. The first kappa shape index (κ1) is 13.0. The van der Waals surface area contributed by atoms with Crippen LogP contribution in [-0.4, -0.2) is 30.8 Å². The summed E-state index contributed by atoms with van der Waals surface area (Å²) >= 11 is 3.25. The Hall–Kier alpha value is -0.460. The van der Waals surface area contributed by atoms with Gasteiger partial charge >= 0.3 is 0 Å². The number of rotatable bonds is 2. The molecule has 0 N–H and O–H groups in total. The summed E-state index contributed by atoms with van der Waals surface area (Å²) in [5.74, 6) is 0. The molecule has 0 bridgehead atoms. The van der Waals surface area contributed by atoms with Crippen LogP contribution in [0, 0.1) is 0 Å². The van der Waals surface area contributed by atoms with Crippen LogP contribution in [-0.2, 0) is 10.0 Å². The van der Waals surface area contributed by atoms with Crippen molar-refractivity contribution in [3.63, 3.8) is 0 Å². The third-order valence-corrected chi connectivity index (χ3v) is 5.18. The van der Waals surface area contributed by atoms with Gasteiger partial charge in [-0.2, -0.15) is 4.31 Å². The molecule has 0 aromatic carbocycles. The first-order chi connectivity index (χ1) is 8.10. The fourth-order valence-electron chi connectivity index (χ4n) is 1.96. The molecule has 17 heavy (non-hydrogen) atoms. The molecule has 0 saturated carbocycles. The maximum Gasteiger partial charge on any atom is 0.244 e. The minimum Gasteiger partial charge on any atom is -0.262 e. The van der Waals surface area contributed by atoms with Crippen LogP contribution in [0.1, 0.15) is 25.7 Å². The standard InChI is InChI=1S/C11H15BrN2O2S/c12-10-7-11(9-13-8-10)17(15,16)14-5-3-1-2-4-6-14/h7-9H,1-6H2. The summed E-state index contributed by atoms with van der Waals surface area (Å²) in [7, 11) is -3.37. The Bertz CT molecular complexity index is 482. The Morgan fingerprint density at radius 1 is 1.12 bits per heavy atom. The monoisotopic (exact) mass is 318 g/mol. The molecule has 1 aromatic heterocycles. The van der Waals surface area contributed by atoms with Gasteiger partial charge in [0.25, 0.3) is 0 Å². The van der Waals surface area contributed by atoms with E-state index in [1.54, 1.807) is 16.6 Å². The Balaban J connectivity index is 2.28. The van der Waals surface area contributed by atoms with Gasteiger partial charge in [0.15, 0.2) is 0 Å². The van der Waals surface area contributed by atoms with Crippen LogP contribution in [0.2, 0.25) is 0 Å². The fraction of sp³-hybridized carbons (Fsp3) is 0.545. The third kappa shape index (κ3) is 3.05. The van der Waals surface area contributed by atoms with E-state index in [1.807, 2.05) is 0 Å². The molecule has 0 radical (unpaired) electrons. The summed E-state index contributed by atoms with van der Waals surface area (Å²) in [6.45, 7) is 1.24. The lowest BCUT2D eigenvalue weighted by atomic mass is 10.2. The lowest BCUT2D eigenvalue weighted by molar-refractivity contribution is 0.423. The van der Waals surface area contributed by atoms with Crippen molar-refractivity contribution < 1.29 is 8.42 Å². The van der Waals surface area contributed by atoms with E-state index in [2.05, 4.69) is 20.9 Å². The summed E-state index contributed by atoms with van der Waals surface area (Å²) in [6, 6.07) is 1.60. The number of hydrogen-bond acceptors (Lipinski definition) is 3. The van der Waals surface area contributed by atoms with E-state index >= 15 is 0 Å². The van der Waals surface area contributed by atoms with Crippen molar-refractivity contribution in [1.29, 1.82) is 0 Å². The van der Waals surface area contributed by atoms with E-state index in [0.717, 1.165) is 25.7 Å². The molecule has 0 unspecified atom stereocenters. The normalized spacial score (nSPS) is 18.9. The number of halogens is 1. The van der Waals surface area contributed by atoms with Gasteiger partial charge < -0.3 is 0 Å². The Labute approximate surface area is 110 Å². The highest BCUT2D eigenvalue weighted by molar-refractivity contribution is 9.10. The van der Waals surface area contributed by atoms with Crippen molar-refractivity contribution in [2.45, 2.75) is 30.6 Å². The quantitative estimate of drug-likeness (QED) is 0.841. The third-order valence-electron chi connectivity index (χ3n) is 2.88. The van der Waals surface area contributed by atoms with Gasteiger partial charge in [-0.1, -0.05) is 12.8 Å². The van der Waals surface area contributed by atoms with Crippen molar-refractivity contribution in [2.24, 2.45) is 0 Å². The van der Waals surface area contributed by atoms with Crippen LogP contribution in [0.4, 0.5) is 0 Å². The number of aromatic nitrogens is 1. The van der Waals surface area contributed by atoms with Crippen LogP contribution in [0.3, 0.4) is 0 Å². The number of sulfonamides is 1. The molecule has 94 valence electrons. The number of pyridine rings is 1. The molecule has 6 heteroatoms. The van der Waals surface area contributed by atoms with E-state index in [9.17, 15) is 8.42 Å². The maximum absolute atomic E-state index is 12.4. The summed E-state index contributed by atoms with van der Waals surface area (Å²) in [6.07, 6.45) is 7.11. The molecule has 1 aliphatic heterocycles. The molecule has 1 fully saturated rings. The zero-order valence-electron chi connectivity index (χ0n) is 9.47. The first-order valence-corrected chi connectivity index (χ1v) is 7.95.